The molecule has 1 aromatic rings. The molecule has 0 aromatic carbocycles. The summed E-state index contributed by atoms with van der Waals surface area (Å²) in [6.45, 7) is 7.90. The molecule has 1 aliphatic heterocycles. The highest BCUT2D eigenvalue weighted by Crippen LogP contribution is 2.41. The lowest BCUT2D eigenvalue weighted by Crippen LogP contribution is -2.41. The lowest BCUT2D eigenvalue weighted by Gasteiger charge is -2.32. The second-order valence-electron chi connectivity index (χ2n) is 6.49. The zero-order valence-electron chi connectivity index (χ0n) is 11.9. The molecule has 0 atom stereocenters. The van der Waals surface area contributed by atoms with Crippen molar-refractivity contribution in [2.45, 2.75) is 57.7 Å². The SMILES string of the molecule is CC1(C)OB(c2c(F)cncc2C2CC2)OC1(C)C. The largest absolute Gasteiger partial charge is 0.498 e. The minimum atomic E-state index is -0.636. The van der Waals surface area contributed by atoms with E-state index in [1.807, 2.05) is 27.7 Å². The van der Waals surface area contributed by atoms with Crippen molar-refractivity contribution in [1.29, 1.82) is 0 Å². The summed E-state index contributed by atoms with van der Waals surface area (Å²) >= 11 is 0. The smallest absolute Gasteiger partial charge is 0.399 e. The van der Waals surface area contributed by atoms with Crippen LogP contribution in [0.2, 0.25) is 0 Å². The summed E-state index contributed by atoms with van der Waals surface area (Å²) in [6.07, 6.45) is 5.18. The van der Waals surface area contributed by atoms with Gasteiger partial charge in [-0.15, -0.1) is 0 Å². The average molecular weight is 263 g/mol. The van der Waals surface area contributed by atoms with Gasteiger partial charge >= 0.3 is 7.12 Å². The predicted octanol–water partition coefficient (Wildman–Crippen LogP) is 2.40. The van der Waals surface area contributed by atoms with Gasteiger partial charge in [0, 0.05) is 11.7 Å². The third-order valence-electron chi connectivity index (χ3n) is 4.48. The Bertz CT molecular complexity index is 498. The highest BCUT2D eigenvalue weighted by Gasteiger charge is 2.53. The van der Waals surface area contributed by atoms with Crippen molar-refractivity contribution in [2.75, 3.05) is 0 Å². The van der Waals surface area contributed by atoms with Crippen molar-refractivity contribution in [3.05, 3.63) is 23.8 Å². The maximum absolute atomic E-state index is 14.2. The molecule has 3 nitrogen and oxygen atoms in total. The van der Waals surface area contributed by atoms with Crippen LogP contribution in [0.15, 0.2) is 12.4 Å². The van der Waals surface area contributed by atoms with Gasteiger partial charge < -0.3 is 9.31 Å². The summed E-state index contributed by atoms with van der Waals surface area (Å²) in [5.74, 6) is 0.0834. The predicted molar refractivity (Wildman–Crippen MR) is 71.9 cm³/mol. The van der Waals surface area contributed by atoms with Crippen LogP contribution in [-0.4, -0.2) is 23.3 Å². The maximum atomic E-state index is 14.2. The lowest BCUT2D eigenvalue weighted by atomic mass is 9.75. The van der Waals surface area contributed by atoms with E-state index in [-0.39, 0.29) is 5.82 Å². The van der Waals surface area contributed by atoms with Crippen LogP contribution >= 0.6 is 0 Å². The molecule has 5 heteroatoms. The Hall–Kier alpha value is -0.935. The fraction of sp³-hybridized carbons (Fsp3) is 0.643. The Morgan fingerprint density at radius 1 is 1.16 bits per heavy atom. The number of aromatic nitrogens is 1. The normalized spacial score (nSPS) is 24.8. The molecule has 0 bridgehead atoms. The van der Waals surface area contributed by atoms with Gasteiger partial charge in [-0.25, -0.2) is 4.39 Å². The molecule has 19 heavy (non-hydrogen) atoms. The number of rotatable bonds is 2. The Labute approximate surface area is 113 Å². The van der Waals surface area contributed by atoms with Crippen LogP contribution in [0.3, 0.4) is 0 Å². The van der Waals surface area contributed by atoms with Crippen LogP contribution in [0.25, 0.3) is 0 Å². The molecular formula is C14H19BFNO2. The van der Waals surface area contributed by atoms with E-state index >= 15 is 0 Å². The molecular weight excluding hydrogens is 244 g/mol. The number of hydrogen-bond donors (Lipinski definition) is 0. The van der Waals surface area contributed by atoms with E-state index in [1.165, 1.54) is 6.20 Å². The summed E-state index contributed by atoms with van der Waals surface area (Å²) in [4.78, 5) is 3.96. The standard InChI is InChI=1S/C14H19BFNO2/c1-13(2)14(3,4)19-15(18-13)12-10(9-5-6-9)7-17-8-11(12)16/h7-9H,5-6H2,1-4H3. The zero-order chi connectivity index (χ0) is 13.8. The topological polar surface area (TPSA) is 31.4 Å². The van der Waals surface area contributed by atoms with Crippen LogP contribution in [0.5, 0.6) is 0 Å². The van der Waals surface area contributed by atoms with Crippen molar-refractivity contribution >= 4 is 12.6 Å². The second-order valence-corrected chi connectivity index (χ2v) is 6.49. The quantitative estimate of drug-likeness (QED) is 0.768. The van der Waals surface area contributed by atoms with Gasteiger partial charge in [0.25, 0.3) is 0 Å². The molecule has 1 saturated heterocycles. The Balaban J connectivity index is 2.00. The van der Waals surface area contributed by atoms with Gasteiger partial charge in [-0.3, -0.25) is 4.98 Å². The maximum Gasteiger partial charge on any atom is 0.498 e. The molecule has 0 amide bonds. The molecule has 3 rings (SSSR count). The molecule has 0 unspecified atom stereocenters. The molecule has 102 valence electrons. The first-order chi connectivity index (χ1) is 8.82. The molecule has 0 spiro atoms. The summed E-state index contributed by atoms with van der Waals surface area (Å²) in [6, 6.07) is 0. The monoisotopic (exact) mass is 263 g/mol. The van der Waals surface area contributed by atoms with E-state index in [2.05, 4.69) is 4.98 Å². The van der Waals surface area contributed by atoms with E-state index in [9.17, 15) is 4.39 Å². The lowest BCUT2D eigenvalue weighted by molar-refractivity contribution is 0.00578. The summed E-state index contributed by atoms with van der Waals surface area (Å²) in [5, 5.41) is 0. The fourth-order valence-electron chi connectivity index (χ4n) is 2.39. The van der Waals surface area contributed by atoms with Crippen LogP contribution < -0.4 is 5.46 Å². The summed E-state index contributed by atoms with van der Waals surface area (Å²) in [7, 11) is -0.636. The number of pyridine rings is 1. The molecule has 0 radical (unpaired) electrons. The van der Waals surface area contributed by atoms with Gasteiger partial charge in [0.15, 0.2) is 0 Å². The molecule has 2 fully saturated rings. The number of hydrogen-bond acceptors (Lipinski definition) is 3. The van der Waals surface area contributed by atoms with Crippen LogP contribution in [-0.2, 0) is 9.31 Å². The molecule has 1 aliphatic carbocycles. The molecule has 2 aliphatic rings. The van der Waals surface area contributed by atoms with Crippen molar-refractivity contribution in [3.63, 3.8) is 0 Å². The highest BCUT2D eigenvalue weighted by atomic mass is 19.1. The second kappa shape index (κ2) is 4.03. The van der Waals surface area contributed by atoms with Gasteiger partial charge in [0.05, 0.1) is 17.4 Å². The van der Waals surface area contributed by atoms with Crippen LogP contribution in [0, 0.1) is 5.82 Å². The van der Waals surface area contributed by atoms with Crippen LogP contribution in [0.4, 0.5) is 4.39 Å². The highest BCUT2D eigenvalue weighted by molar-refractivity contribution is 6.62. The van der Waals surface area contributed by atoms with Crippen molar-refractivity contribution in [2.24, 2.45) is 0 Å². The first kappa shape index (κ1) is 13.1. The molecule has 1 aromatic heterocycles. The minimum absolute atomic E-state index is 0.331. The fourth-order valence-corrected chi connectivity index (χ4v) is 2.39. The van der Waals surface area contributed by atoms with Crippen molar-refractivity contribution < 1.29 is 13.7 Å². The third-order valence-corrected chi connectivity index (χ3v) is 4.48. The first-order valence-electron chi connectivity index (χ1n) is 6.81. The first-order valence-corrected chi connectivity index (χ1v) is 6.81. The summed E-state index contributed by atoms with van der Waals surface area (Å²) in [5.41, 5.74) is 0.581. The van der Waals surface area contributed by atoms with Crippen molar-refractivity contribution in [1.82, 2.24) is 4.98 Å². The van der Waals surface area contributed by atoms with E-state index < -0.39 is 18.3 Å². The Morgan fingerprint density at radius 2 is 1.74 bits per heavy atom. The van der Waals surface area contributed by atoms with Crippen molar-refractivity contribution in [3.8, 4) is 0 Å². The minimum Gasteiger partial charge on any atom is -0.399 e. The van der Waals surface area contributed by atoms with E-state index in [0.29, 0.717) is 11.4 Å². The van der Waals surface area contributed by atoms with E-state index in [1.54, 1.807) is 6.20 Å². The van der Waals surface area contributed by atoms with Gasteiger partial charge in [-0.1, -0.05) is 0 Å². The Kier molecular flexibility index (Phi) is 2.77. The molecule has 1 saturated carbocycles. The molecule has 0 N–H and O–H groups in total. The van der Waals surface area contributed by atoms with Gasteiger partial charge in [0.1, 0.15) is 5.82 Å². The van der Waals surface area contributed by atoms with E-state index in [0.717, 1.165) is 18.4 Å². The zero-order valence-corrected chi connectivity index (χ0v) is 11.9. The third kappa shape index (κ3) is 2.09. The average Bonchev–Trinajstić information content (AvgIpc) is 3.07. The summed E-state index contributed by atoms with van der Waals surface area (Å²) < 4.78 is 26.1. The van der Waals surface area contributed by atoms with Gasteiger partial charge in [-0.2, -0.15) is 0 Å². The molecule has 2 heterocycles. The van der Waals surface area contributed by atoms with E-state index in [4.69, 9.17) is 9.31 Å². The van der Waals surface area contributed by atoms with Crippen LogP contribution in [0.1, 0.15) is 52.0 Å². The number of nitrogens with zero attached hydrogens (tertiary/aromatic N) is 1. The van der Waals surface area contributed by atoms with Gasteiger partial charge in [0.2, 0.25) is 0 Å². The van der Waals surface area contributed by atoms with Gasteiger partial charge in [-0.05, 0) is 52.0 Å². The Morgan fingerprint density at radius 3 is 2.26 bits per heavy atom. The number of halogens is 1.